The minimum atomic E-state index is 0.755. The normalized spacial score (nSPS) is 16.4. The van der Waals surface area contributed by atoms with Crippen molar-refractivity contribution < 1.29 is 0 Å². The molecule has 0 unspecified atom stereocenters. The quantitative estimate of drug-likeness (QED) is 0.791. The summed E-state index contributed by atoms with van der Waals surface area (Å²) >= 11 is 0. The highest BCUT2D eigenvalue weighted by molar-refractivity contribution is 5.27. The molecule has 2 rings (SSSR count). The fourth-order valence-electron chi connectivity index (χ4n) is 2.78. The molecule has 0 radical (unpaired) electrons. The molecular formula is C17H28N2. The summed E-state index contributed by atoms with van der Waals surface area (Å²) < 4.78 is 0. The Labute approximate surface area is 118 Å². The zero-order valence-corrected chi connectivity index (χ0v) is 12.5. The third-order valence-electron chi connectivity index (χ3n) is 3.81. The SMILES string of the molecule is CC(C)CNCCCN1CCCc2ccccc2C1. The van der Waals surface area contributed by atoms with Gasteiger partial charge in [0.1, 0.15) is 0 Å². The van der Waals surface area contributed by atoms with E-state index in [2.05, 4.69) is 48.3 Å². The Kier molecular flexibility index (Phi) is 5.87. The highest BCUT2D eigenvalue weighted by Crippen LogP contribution is 2.18. The largest absolute Gasteiger partial charge is 0.316 e. The van der Waals surface area contributed by atoms with E-state index in [0.717, 1.165) is 25.6 Å². The van der Waals surface area contributed by atoms with Gasteiger partial charge in [-0.25, -0.2) is 0 Å². The number of aryl methyl sites for hydroxylation is 1. The molecule has 0 aliphatic carbocycles. The first-order valence-corrected chi connectivity index (χ1v) is 7.75. The molecule has 0 spiro atoms. The van der Waals surface area contributed by atoms with Crippen LogP contribution in [0.3, 0.4) is 0 Å². The van der Waals surface area contributed by atoms with Crippen molar-refractivity contribution in [1.82, 2.24) is 10.2 Å². The lowest BCUT2D eigenvalue weighted by atomic mass is 10.0. The van der Waals surface area contributed by atoms with Gasteiger partial charge in [0.25, 0.3) is 0 Å². The fourth-order valence-corrected chi connectivity index (χ4v) is 2.78. The second kappa shape index (κ2) is 7.66. The summed E-state index contributed by atoms with van der Waals surface area (Å²) in [5.74, 6) is 0.755. The number of rotatable bonds is 6. The van der Waals surface area contributed by atoms with Crippen LogP contribution in [-0.2, 0) is 13.0 Å². The first-order valence-electron chi connectivity index (χ1n) is 7.75. The average molecular weight is 260 g/mol. The van der Waals surface area contributed by atoms with Crippen LogP contribution in [0.2, 0.25) is 0 Å². The lowest BCUT2D eigenvalue weighted by Crippen LogP contribution is -2.28. The average Bonchev–Trinajstić information content (AvgIpc) is 2.59. The molecule has 106 valence electrons. The number of nitrogens with one attached hydrogen (secondary N) is 1. The maximum Gasteiger partial charge on any atom is 0.0236 e. The van der Waals surface area contributed by atoms with Gasteiger partial charge in [-0.3, -0.25) is 4.90 Å². The summed E-state index contributed by atoms with van der Waals surface area (Å²) in [6.45, 7) is 10.4. The van der Waals surface area contributed by atoms with Crippen LogP contribution in [0.5, 0.6) is 0 Å². The number of benzene rings is 1. The third-order valence-corrected chi connectivity index (χ3v) is 3.81. The molecule has 0 bridgehead atoms. The van der Waals surface area contributed by atoms with Gasteiger partial charge in [-0.05, 0) is 62.5 Å². The Morgan fingerprint density at radius 2 is 2.00 bits per heavy atom. The summed E-state index contributed by atoms with van der Waals surface area (Å²) in [6, 6.07) is 8.94. The molecule has 0 saturated heterocycles. The van der Waals surface area contributed by atoms with Gasteiger partial charge in [0.05, 0.1) is 0 Å². The molecule has 0 amide bonds. The molecule has 2 nitrogen and oxygen atoms in total. The Morgan fingerprint density at radius 3 is 2.79 bits per heavy atom. The fraction of sp³-hybridized carbons (Fsp3) is 0.647. The number of hydrogen-bond donors (Lipinski definition) is 1. The van der Waals surface area contributed by atoms with Crippen LogP contribution in [0.15, 0.2) is 24.3 Å². The van der Waals surface area contributed by atoms with E-state index in [9.17, 15) is 0 Å². The second-order valence-corrected chi connectivity index (χ2v) is 6.10. The van der Waals surface area contributed by atoms with Crippen LogP contribution in [0.4, 0.5) is 0 Å². The van der Waals surface area contributed by atoms with Crippen molar-refractivity contribution in [2.24, 2.45) is 5.92 Å². The van der Waals surface area contributed by atoms with Gasteiger partial charge < -0.3 is 5.32 Å². The van der Waals surface area contributed by atoms with E-state index in [-0.39, 0.29) is 0 Å². The molecular weight excluding hydrogens is 232 g/mol. The highest BCUT2D eigenvalue weighted by Gasteiger charge is 2.13. The van der Waals surface area contributed by atoms with Gasteiger partial charge >= 0.3 is 0 Å². The van der Waals surface area contributed by atoms with Crippen molar-refractivity contribution in [2.45, 2.75) is 39.7 Å². The molecule has 1 heterocycles. The molecule has 0 aromatic heterocycles. The first kappa shape index (κ1) is 14.5. The summed E-state index contributed by atoms with van der Waals surface area (Å²) in [4.78, 5) is 2.61. The number of hydrogen-bond acceptors (Lipinski definition) is 2. The smallest absolute Gasteiger partial charge is 0.0236 e. The summed E-state index contributed by atoms with van der Waals surface area (Å²) in [7, 11) is 0. The molecule has 1 N–H and O–H groups in total. The van der Waals surface area contributed by atoms with Gasteiger partial charge in [-0.15, -0.1) is 0 Å². The second-order valence-electron chi connectivity index (χ2n) is 6.10. The molecule has 1 aromatic carbocycles. The van der Waals surface area contributed by atoms with Crippen LogP contribution in [0, 0.1) is 5.92 Å². The third kappa shape index (κ3) is 4.96. The van der Waals surface area contributed by atoms with Crippen molar-refractivity contribution in [1.29, 1.82) is 0 Å². The highest BCUT2D eigenvalue weighted by atomic mass is 15.1. The predicted molar refractivity (Wildman–Crippen MR) is 82.4 cm³/mol. The Bertz CT molecular complexity index is 373. The van der Waals surface area contributed by atoms with Crippen molar-refractivity contribution >= 4 is 0 Å². The van der Waals surface area contributed by atoms with Crippen LogP contribution >= 0.6 is 0 Å². The minimum absolute atomic E-state index is 0.755. The first-order chi connectivity index (χ1) is 9.25. The van der Waals surface area contributed by atoms with E-state index < -0.39 is 0 Å². The topological polar surface area (TPSA) is 15.3 Å². The van der Waals surface area contributed by atoms with E-state index in [4.69, 9.17) is 0 Å². The van der Waals surface area contributed by atoms with Crippen molar-refractivity contribution in [3.05, 3.63) is 35.4 Å². The molecule has 1 aliphatic heterocycles. The van der Waals surface area contributed by atoms with Gasteiger partial charge in [0, 0.05) is 6.54 Å². The van der Waals surface area contributed by atoms with Crippen molar-refractivity contribution in [2.75, 3.05) is 26.2 Å². The molecule has 1 aliphatic rings. The zero-order valence-electron chi connectivity index (χ0n) is 12.5. The Morgan fingerprint density at radius 1 is 1.21 bits per heavy atom. The summed E-state index contributed by atoms with van der Waals surface area (Å²) in [6.07, 6.45) is 3.81. The lowest BCUT2D eigenvalue weighted by Gasteiger charge is -2.20. The maximum absolute atomic E-state index is 3.53. The molecule has 0 atom stereocenters. The minimum Gasteiger partial charge on any atom is -0.316 e. The molecule has 1 aromatic rings. The Balaban J connectivity index is 1.73. The summed E-state index contributed by atoms with van der Waals surface area (Å²) in [5.41, 5.74) is 3.10. The number of fused-ring (bicyclic) bond motifs is 1. The molecule has 2 heteroatoms. The van der Waals surface area contributed by atoms with Crippen molar-refractivity contribution in [3.8, 4) is 0 Å². The molecule has 0 saturated carbocycles. The van der Waals surface area contributed by atoms with Gasteiger partial charge in [0.15, 0.2) is 0 Å². The van der Waals surface area contributed by atoms with E-state index in [0.29, 0.717) is 0 Å². The van der Waals surface area contributed by atoms with E-state index in [1.807, 2.05) is 0 Å². The summed E-state index contributed by atoms with van der Waals surface area (Å²) in [5, 5.41) is 3.53. The Hall–Kier alpha value is -0.860. The van der Waals surface area contributed by atoms with Crippen LogP contribution in [0.25, 0.3) is 0 Å². The van der Waals surface area contributed by atoms with Gasteiger partial charge in [-0.2, -0.15) is 0 Å². The maximum atomic E-state index is 3.53. The monoisotopic (exact) mass is 260 g/mol. The van der Waals surface area contributed by atoms with E-state index in [1.54, 1.807) is 5.56 Å². The van der Waals surface area contributed by atoms with E-state index in [1.165, 1.54) is 37.9 Å². The predicted octanol–water partition coefficient (Wildman–Crippen LogP) is 3.07. The van der Waals surface area contributed by atoms with Crippen LogP contribution in [0.1, 0.15) is 37.8 Å². The van der Waals surface area contributed by atoms with Crippen molar-refractivity contribution in [3.63, 3.8) is 0 Å². The van der Waals surface area contributed by atoms with Crippen LogP contribution in [-0.4, -0.2) is 31.1 Å². The molecule has 0 fully saturated rings. The molecule has 19 heavy (non-hydrogen) atoms. The van der Waals surface area contributed by atoms with E-state index >= 15 is 0 Å². The van der Waals surface area contributed by atoms with Gasteiger partial charge in [-0.1, -0.05) is 38.1 Å². The van der Waals surface area contributed by atoms with Crippen LogP contribution < -0.4 is 5.32 Å². The lowest BCUT2D eigenvalue weighted by molar-refractivity contribution is 0.264. The van der Waals surface area contributed by atoms with Gasteiger partial charge in [0.2, 0.25) is 0 Å². The number of nitrogens with zero attached hydrogens (tertiary/aromatic N) is 1. The zero-order chi connectivity index (χ0) is 13.5. The standard InChI is InChI=1S/C17H28N2/c1-15(2)13-18-10-6-12-19-11-5-9-16-7-3-4-8-17(16)14-19/h3-4,7-8,15,18H,5-6,9-14H2,1-2H3.